The van der Waals surface area contributed by atoms with E-state index in [1.54, 1.807) is 0 Å². The summed E-state index contributed by atoms with van der Waals surface area (Å²) >= 11 is 0. The molecular weight excluding hydrogens is 300 g/mol. The zero-order valence-corrected chi connectivity index (χ0v) is 13.7. The van der Waals surface area contributed by atoms with Gasteiger partial charge in [0, 0.05) is 13.2 Å². The van der Waals surface area contributed by atoms with Crippen LogP contribution in [0, 0.1) is 0 Å². The van der Waals surface area contributed by atoms with E-state index in [0.29, 0.717) is 19.8 Å². The van der Waals surface area contributed by atoms with Gasteiger partial charge >= 0.3 is 0 Å². The predicted molar refractivity (Wildman–Crippen MR) is 83.8 cm³/mol. The molecule has 0 unspecified atom stereocenters. The fraction of sp³-hybridized carbons (Fsp3) is 0.647. The summed E-state index contributed by atoms with van der Waals surface area (Å²) < 4.78 is 23.1. The second-order valence-corrected chi connectivity index (χ2v) is 5.46. The first kappa shape index (κ1) is 18.3. The average molecular weight is 326 g/mol. The lowest BCUT2D eigenvalue weighted by Crippen LogP contribution is -2.51. The number of benzene rings is 1. The third-order valence-corrected chi connectivity index (χ3v) is 3.93. The molecule has 3 atom stereocenters. The van der Waals surface area contributed by atoms with Crippen LogP contribution in [0.5, 0.6) is 0 Å². The number of rotatable bonds is 9. The van der Waals surface area contributed by atoms with Gasteiger partial charge in [-0.05, 0) is 19.4 Å². The molecule has 6 heteroatoms. The van der Waals surface area contributed by atoms with Gasteiger partial charge in [-0.1, -0.05) is 30.3 Å². The molecule has 0 spiro atoms. The van der Waals surface area contributed by atoms with Gasteiger partial charge in [0.15, 0.2) is 6.29 Å². The molecule has 2 N–H and O–H groups in total. The van der Waals surface area contributed by atoms with Crippen molar-refractivity contribution in [3.63, 3.8) is 0 Å². The van der Waals surface area contributed by atoms with Crippen LogP contribution in [0.2, 0.25) is 0 Å². The van der Waals surface area contributed by atoms with Crippen molar-refractivity contribution < 1.29 is 29.2 Å². The van der Waals surface area contributed by atoms with Gasteiger partial charge in [0.2, 0.25) is 0 Å². The SMILES string of the molecule is CCO[C@H]1OC(CO)(CO)[C@@H](OCc2ccccc2)[C@H]1OCC. The molecule has 0 bridgehead atoms. The highest BCUT2D eigenvalue weighted by Gasteiger charge is 2.56. The van der Waals surface area contributed by atoms with Crippen molar-refractivity contribution in [2.24, 2.45) is 0 Å². The molecule has 1 aromatic rings. The number of ether oxygens (including phenoxy) is 4. The first-order chi connectivity index (χ1) is 11.2. The number of aliphatic hydroxyl groups excluding tert-OH is 2. The highest BCUT2D eigenvalue weighted by molar-refractivity contribution is 5.14. The molecule has 6 nitrogen and oxygen atoms in total. The van der Waals surface area contributed by atoms with Crippen LogP contribution < -0.4 is 0 Å². The van der Waals surface area contributed by atoms with Crippen molar-refractivity contribution in [2.45, 2.75) is 44.6 Å². The summed E-state index contributed by atoms with van der Waals surface area (Å²) in [6, 6.07) is 9.69. The van der Waals surface area contributed by atoms with Gasteiger partial charge < -0.3 is 29.2 Å². The lowest BCUT2D eigenvalue weighted by molar-refractivity contribution is -0.212. The van der Waals surface area contributed by atoms with E-state index < -0.39 is 24.1 Å². The number of aliphatic hydroxyl groups is 2. The van der Waals surface area contributed by atoms with E-state index in [-0.39, 0.29) is 13.2 Å². The molecule has 0 aliphatic carbocycles. The number of hydrogen-bond donors (Lipinski definition) is 2. The molecular formula is C17H26O6. The lowest BCUT2D eigenvalue weighted by atomic mass is 9.96. The highest BCUT2D eigenvalue weighted by Crippen LogP contribution is 2.36. The standard InChI is InChI=1S/C17H26O6/c1-3-20-14-15(22-10-13-8-6-5-7-9-13)17(11-18,12-19)23-16(14)21-4-2/h5-9,14-16,18-19H,3-4,10-12H2,1-2H3/t14-,15+,16+/m1/s1. The maximum atomic E-state index is 9.78. The molecule has 0 saturated carbocycles. The molecule has 1 heterocycles. The Labute approximate surface area is 136 Å². The van der Waals surface area contributed by atoms with Crippen molar-refractivity contribution in [3.8, 4) is 0 Å². The van der Waals surface area contributed by atoms with E-state index in [1.807, 2.05) is 44.2 Å². The summed E-state index contributed by atoms with van der Waals surface area (Å²) in [5.41, 5.74) is -0.249. The lowest BCUT2D eigenvalue weighted by Gasteiger charge is -2.31. The van der Waals surface area contributed by atoms with Crippen LogP contribution in [0.1, 0.15) is 19.4 Å². The van der Waals surface area contributed by atoms with Gasteiger partial charge in [0.1, 0.15) is 17.8 Å². The van der Waals surface area contributed by atoms with Gasteiger partial charge in [0.25, 0.3) is 0 Å². The maximum Gasteiger partial charge on any atom is 0.187 e. The average Bonchev–Trinajstić information content (AvgIpc) is 2.88. The Kier molecular flexibility index (Phi) is 6.95. The Morgan fingerprint density at radius 1 is 1.00 bits per heavy atom. The van der Waals surface area contributed by atoms with E-state index in [9.17, 15) is 10.2 Å². The third-order valence-electron chi connectivity index (χ3n) is 3.93. The van der Waals surface area contributed by atoms with Gasteiger partial charge in [-0.15, -0.1) is 0 Å². The summed E-state index contributed by atoms with van der Waals surface area (Å²) in [6.45, 7) is 4.19. The van der Waals surface area contributed by atoms with E-state index in [4.69, 9.17) is 18.9 Å². The van der Waals surface area contributed by atoms with Crippen LogP contribution in [0.3, 0.4) is 0 Å². The van der Waals surface area contributed by atoms with Crippen molar-refractivity contribution >= 4 is 0 Å². The third kappa shape index (κ3) is 4.09. The minimum Gasteiger partial charge on any atom is -0.393 e. The first-order valence-corrected chi connectivity index (χ1v) is 7.99. The maximum absolute atomic E-state index is 9.78. The second-order valence-electron chi connectivity index (χ2n) is 5.46. The fourth-order valence-electron chi connectivity index (χ4n) is 2.77. The predicted octanol–water partition coefficient (Wildman–Crippen LogP) is 1.09. The summed E-state index contributed by atoms with van der Waals surface area (Å²) in [5, 5.41) is 19.6. The molecule has 1 aliphatic rings. The van der Waals surface area contributed by atoms with Gasteiger partial charge in [-0.2, -0.15) is 0 Å². The van der Waals surface area contributed by atoms with Crippen LogP contribution in [-0.4, -0.2) is 60.7 Å². The monoisotopic (exact) mass is 326 g/mol. The normalized spacial score (nSPS) is 26.5. The van der Waals surface area contributed by atoms with Crippen LogP contribution in [0.15, 0.2) is 30.3 Å². The molecule has 130 valence electrons. The molecule has 0 aromatic heterocycles. The van der Waals surface area contributed by atoms with Gasteiger partial charge in [-0.3, -0.25) is 0 Å². The Hall–Kier alpha value is -1.02. The second kappa shape index (κ2) is 8.73. The van der Waals surface area contributed by atoms with Crippen LogP contribution in [-0.2, 0) is 25.6 Å². The van der Waals surface area contributed by atoms with E-state index >= 15 is 0 Å². The summed E-state index contributed by atoms with van der Waals surface area (Å²) in [5.74, 6) is 0. The largest absolute Gasteiger partial charge is 0.393 e. The molecule has 1 saturated heterocycles. The molecule has 1 aliphatic heterocycles. The van der Waals surface area contributed by atoms with Crippen LogP contribution in [0.25, 0.3) is 0 Å². The summed E-state index contributed by atoms with van der Waals surface area (Å²) in [4.78, 5) is 0. The Balaban J connectivity index is 2.17. The van der Waals surface area contributed by atoms with Crippen LogP contribution >= 0.6 is 0 Å². The van der Waals surface area contributed by atoms with E-state index in [0.717, 1.165) is 5.56 Å². The number of hydrogen-bond acceptors (Lipinski definition) is 6. The van der Waals surface area contributed by atoms with Gasteiger partial charge in [0.05, 0.1) is 19.8 Å². The smallest absolute Gasteiger partial charge is 0.187 e. The Bertz CT molecular complexity index is 448. The molecule has 0 amide bonds. The summed E-state index contributed by atoms with van der Waals surface area (Å²) in [6.07, 6.45) is -1.82. The summed E-state index contributed by atoms with van der Waals surface area (Å²) in [7, 11) is 0. The van der Waals surface area contributed by atoms with Gasteiger partial charge in [-0.25, -0.2) is 0 Å². The molecule has 1 aromatic carbocycles. The molecule has 2 rings (SSSR count). The quantitative estimate of drug-likeness (QED) is 0.707. The minimum atomic E-state index is -1.24. The Morgan fingerprint density at radius 3 is 2.22 bits per heavy atom. The van der Waals surface area contributed by atoms with E-state index in [1.165, 1.54) is 0 Å². The van der Waals surface area contributed by atoms with Crippen molar-refractivity contribution in [1.82, 2.24) is 0 Å². The topological polar surface area (TPSA) is 77.4 Å². The van der Waals surface area contributed by atoms with Crippen LogP contribution in [0.4, 0.5) is 0 Å². The van der Waals surface area contributed by atoms with Crippen molar-refractivity contribution in [1.29, 1.82) is 0 Å². The zero-order valence-electron chi connectivity index (χ0n) is 13.7. The Morgan fingerprint density at radius 2 is 1.65 bits per heavy atom. The fourth-order valence-corrected chi connectivity index (χ4v) is 2.77. The van der Waals surface area contributed by atoms with Crippen molar-refractivity contribution in [2.75, 3.05) is 26.4 Å². The highest BCUT2D eigenvalue weighted by atomic mass is 16.7. The van der Waals surface area contributed by atoms with E-state index in [2.05, 4.69) is 0 Å². The molecule has 1 fully saturated rings. The molecule has 23 heavy (non-hydrogen) atoms. The molecule has 0 radical (unpaired) electrons. The minimum absolute atomic E-state index is 0.332. The zero-order chi connectivity index (χ0) is 16.7. The first-order valence-electron chi connectivity index (χ1n) is 7.99. The van der Waals surface area contributed by atoms with Crippen molar-refractivity contribution in [3.05, 3.63) is 35.9 Å².